The summed E-state index contributed by atoms with van der Waals surface area (Å²) in [6.07, 6.45) is -0.919. The summed E-state index contributed by atoms with van der Waals surface area (Å²) in [5.41, 5.74) is 4.32. The van der Waals surface area contributed by atoms with E-state index in [2.05, 4.69) is 10.2 Å². The Bertz CT molecular complexity index is 1020. The van der Waals surface area contributed by atoms with Crippen molar-refractivity contribution >= 4 is 18.0 Å². The minimum Gasteiger partial charge on any atom is -0.481 e. The van der Waals surface area contributed by atoms with Gasteiger partial charge in [0.25, 0.3) is 0 Å². The molecule has 2 N–H and O–H groups in total. The van der Waals surface area contributed by atoms with Crippen molar-refractivity contribution in [2.24, 2.45) is 0 Å². The molecule has 1 heterocycles. The molecular weight excluding hydrogens is 453 g/mol. The van der Waals surface area contributed by atoms with Crippen LogP contribution < -0.4 is 5.32 Å². The van der Waals surface area contributed by atoms with E-state index in [0.29, 0.717) is 39.1 Å². The fraction of sp³-hybridized carbons (Fsp3) is 0.423. The fourth-order valence-corrected chi connectivity index (χ4v) is 4.85. The summed E-state index contributed by atoms with van der Waals surface area (Å²) < 4.78 is 17.9. The zero-order valence-electron chi connectivity index (χ0n) is 19.5. The number of fused-ring (bicyclic) bond motifs is 3. The van der Waals surface area contributed by atoms with Crippen LogP contribution in [-0.2, 0) is 14.3 Å². The number of aliphatic carboxylic acids is 1. The minimum absolute atomic E-state index is 0.0705. The molecule has 0 bridgehead atoms. The van der Waals surface area contributed by atoms with Gasteiger partial charge >= 0.3 is 12.1 Å². The van der Waals surface area contributed by atoms with E-state index in [-0.39, 0.29) is 19.2 Å². The molecule has 1 unspecified atom stereocenters. The average Bonchev–Trinajstić information content (AvgIpc) is 3.19. The Labute approximate surface area is 203 Å². The van der Waals surface area contributed by atoms with Crippen molar-refractivity contribution in [2.75, 3.05) is 46.0 Å². The molecule has 1 aliphatic heterocycles. The third-order valence-corrected chi connectivity index (χ3v) is 6.60. The highest BCUT2D eigenvalue weighted by atomic mass is 19.1. The molecule has 1 atom stereocenters. The van der Waals surface area contributed by atoms with E-state index in [1.54, 1.807) is 4.90 Å². The van der Waals surface area contributed by atoms with Crippen LogP contribution >= 0.6 is 0 Å². The first-order valence-corrected chi connectivity index (χ1v) is 11.9. The van der Waals surface area contributed by atoms with E-state index >= 15 is 0 Å². The number of hydrogen-bond donors (Lipinski definition) is 2. The second kappa shape index (κ2) is 11.3. The number of nitrogens with zero attached hydrogens (tertiary/aromatic N) is 2. The summed E-state index contributed by atoms with van der Waals surface area (Å²) in [6.45, 7) is 2.26. The first-order valence-electron chi connectivity index (χ1n) is 11.9. The molecule has 9 heteroatoms. The summed E-state index contributed by atoms with van der Waals surface area (Å²) in [5, 5.41) is 11.8. The molecule has 2 aromatic carbocycles. The van der Waals surface area contributed by atoms with Gasteiger partial charge in [0, 0.05) is 38.6 Å². The van der Waals surface area contributed by atoms with Crippen molar-refractivity contribution in [1.29, 1.82) is 0 Å². The number of halogens is 1. The number of hydrogen-bond acceptors (Lipinski definition) is 5. The van der Waals surface area contributed by atoms with Gasteiger partial charge in [-0.25, -0.2) is 4.79 Å². The Hall–Kier alpha value is -3.46. The zero-order valence-corrected chi connectivity index (χ0v) is 19.5. The molecule has 0 aromatic heterocycles. The van der Waals surface area contributed by atoms with Crippen molar-refractivity contribution in [3.8, 4) is 11.1 Å². The monoisotopic (exact) mass is 483 g/mol. The van der Waals surface area contributed by atoms with Crippen molar-refractivity contribution in [3.05, 3.63) is 59.7 Å². The average molecular weight is 484 g/mol. The van der Waals surface area contributed by atoms with Crippen LogP contribution in [0, 0.1) is 0 Å². The molecule has 1 saturated heterocycles. The van der Waals surface area contributed by atoms with Gasteiger partial charge in [0.1, 0.15) is 12.6 Å². The van der Waals surface area contributed by atoms with Gasteiger partial charge in [0.15, 0.2) is 0 Å². The Morgan fingerprint density at radius 2 is 1.60 bits per heavy atom. The van der Waals surface area contributed by atoms with Gasteiger partial charge in [0.2, 0.25) is 5.91 Å². The summed E-state index contributed by atoms with van der Waals surface area (Å²) in [4.78, 5) is 40.6. The number of amides is 2. The molecule has 2 aromatic rings. The van der Waals surface area contributed by atoms with Crippen molar-refractivity contribution in [1.82, 2.24) is 15.1 Å². The topological polar surface area (TPSA) is 99.2 Å². The maximum atomic E-state index is 13.0. The zero-order chi connectivity index (χ0) is 24.8. The third kappa shape index (κ3) is 5.79. The molecule has 0 saturated carbocycles. The van der Waals surface area contributed by atoms with E-state index in [4.69, 9.17) is 4.74 Å². The number of carbonyl (C=O) groups is 3. The van der Waals surface area contributed by atoms with E-state index in [1.165, 1.54) is 0 Å². The van der Waals surface area contributed by atoms with Gasteiger partial charge in [-0.15, -0.1) is 0 Å². The molecule has 1 fully saturated rings. The summed E-state index contributed by atoms with van der Waals surface area (Å²) in [6, 6.07) is 14.7. The number of benzene rings is 2. The molecule has 2 aliphatic rings. The third-order valence-electron chi connectivity index (χ3n) is 6.60. The van der Waals surface area contributed by atoms with Crippen LogP contribution in [0.2, 0.25) is 0 Å². The maximum absolute atomic E-state index is 13.0. The SMILES string of the molecule is O=C(O)CC(NC(=O)OCC1c2ccccc2-c2ccccc21)C(=O)N1CCN(CCCF)CC1. The van der Waals surface area contributed by atoms with E-state index < -0.39 is 30.4 Å². The van der Waals surface area contributed by atoms with Crippen LogP contribution in [0.3, 0.4) is 0 Å². The van der Waals surface area contributed by atoms with E-state index in [1.807, 2.05) is 48.5 Å². The van der Waals surface area contributed by atoms with Gasteiger partial charge in [-0.05, 0) is 28.7 Å². The molecular formula is C26H30FN3O5. The smallest absolute Gasteiger partial charge is 0.407 e. The van der Waals surface area contributed by atoms with Crippen molar-refractivity contribution in [2.45, 2.75) is 24.8 Å². The number of carboxylic acid groups (broad SMARTS) is 1. The molecule has 1 aliphatic carbocycles. The molecule has 8 nitrogen and oxygen atoms in total. The predicted molar refractivity (Wildman–Crippen MR) is 128 cm³/mol. The summed E-state index contributed by atoms with van der Waals surface area (Å²) in [7, 11) is 0. The second-order valence-electron chi connectivity index (χ2n) is 8.83. The van der Waals surface area contributed by atoms with Gasteiger partial charge in [0.05, 0.1) is 13.1 Å². The summed E-state index contributed by atoms with van der Waals surface area (Å²) >= 11 is 0. The lowest BCUT2D eigenvalue weighted by molar-refractivity contribution is -0.143. The van der Waals surface area contributed by atoms with E-state index in [0.717, 1.165) is 22.3 Å². The quantitative estimate of drug-likeness (QED) is 0.569. The van der Waals surface area contributed by atoms with Crippen molar-refractivity contribution < 1.29 is 28.6 Å². The Balaban J connectivity index is 1.36. The minimum atomic E-state index is -1.22. The standard InChI is InChI=1S/C26H30FN3O5/c27-10-5-11-29-12-14-30(15-13-29)25(33)23(16-24(31)32)28-26(34)35-17-22-20-8-3-1-6-18(20)19-7-2-4-9-21(19)22/h1-4,6-9,22-23H,5,10-17H2,(H,28,34)(H,31,32). The number of carboxylic acids is 1. The van der Waals surface area contributed by atoms with Crippen LogP contribution in [0.4, 0.5) is 9.18 Å². The second-order valence-corrected chi connectivity index (χ2v) is 8.83. The van der Waals surface area contributed by atoms with Gasteiger partial charge < -0.3 is 20.1 Å². The van der Waals surface area contributed by atoms with Crippen molar-refractivity contribution in [3.63, 3.8) is 0 Å². The lowest BCUT2D eigenvalue weighted by Gasteiger charge is -2.36. The number of ether oxygens (including phenoxy) is 1. The number of alkyl halides is 1. The maximum Gasteiger partial charge on any atom is 0.407 e. The van der Waals surface area contributed by atoms with Crippen LogP contribution in [-0.4, -0.2) is 84.9 Å². The Morgan fingerprint density at radius 1 is 1.00 bits per heavy atom. The number of carbonyl (C=O) groups excluding carboxylic acids is 2. The Kier molecular flexibility index (Phi) is 7.97. The molecule has 0 spiro atoms. The first kappa shape index (κ1) is 24.7. The molecule has 4 rings (SSSR count). The highest BCUT2D eigenvalue weighted by molar-refractivity contribution is 5.89. The summed E-state index contributed by atoms with van der Waals surface area (Å²) in [5.74, 6) is -1.78. The first-order chi connectivity index (χ1) is 17.0. The normalized spacial score (nSPS) is 16.3. The van der Waals surface area contributed by atoms with E-state index in [9.17, 15) is 23.9 Å². The Morgan fingerprint density at radius 3 is 2.17 bits per heavy atom. The van der Waals surface area contributed by atoms with Gasteiger partial charge in [-0.3, -0.25) is 18.9 Å². The van der Waals surface area contributed by atoms with Gasteiger partial charge in [-0.1, -0.05) is 48.5 Å². The van der Waals surface area contributed by atoms with Crippen LogP contribution in [0.5, 0.6) is 0 Å². The number of rotatable bonds is 9. The highest BCUT2D eigenvalue weighted by Crippen LogP contribution is 2.44. The number of nitrogens with one attached hydrogen (secondary N) is 1. The van der Waals surface area contributed by atoms with Crippen LogP contribution in [0.1, 0.15) is 29.9 Å². The molecule has 186 valence electrons. The highest BCUT2D eigenvalue weighted by Gasteiger charge is 2.32. The molecule has 2 amide bonds. The number of alkyl carbamates (subject to hydrolysis) is 1. The predicted octanol–water partition coefficient (Wildman–Crippen LogP) is 2.87. The largest absolute Gasteiger partial charge is 0.481 e. The van der Waals surface area contributed by atoms with Crippen LogP contribution in [0.25, 0.3) is 11.1 Å². The lowest BCUT2D eigenvalue weighted by Crippen LogP contribution is -2.55. The fourth-order valence-electron chi connectivity index (χ4n) is 4.85. The van der Waals surface area contributed by atoms with Crippen LogP contribution in [0.15, 0.2) is 48.5 Å². The van der Waals surface area contributed by atoms with Gasteiger partial charge in [-0.2, -0.15) is 0 Å². The molecule has 35 heavy (non-hydrogen) atoms. The molecule has 0 radical (unpaired) electrons. The number of piperazine rings is 1. The lowest BCUT2D eigenvalue weighted by atomic mass is 9.98.